The molecule has 11 heavy (non-hydrogen) atoms. The average Bonchev–Trinajstić information content (AvgIpc) is 2.67. The highest BCUT2D eigenvalue weighted by atomic mass is 32.2. The van der Waals surface area contributed by atoms with Crippen LogP contribution in [0.4, 0.5) is 0 Å². The quantitative estimate of drug-likeness (QED) is 0.588. The fraction of sp³-hybridized carbons (Fsp3) is 1.00. The van der Waals surface area contributed by atoms with Crippen LogP contribution in [0.5, 0.6) is 0 Å². The summed E-state index contributed by atoms with van der Waals surface area (Å²) >= 11 is 2.08. The summed E-state index contributed by atoms with van der Waals surface area (Å²) in [7, 11) is 2.22. The standard InChI is InChI=1S/C8H15NOS/c1-9(4-8-5-10-8)7-2-3-11-6-7/h7-8H,2-6H2,1H3/t7?,8-/m1/s1. The molecule has 0 aromatic heterocycles. The van der Waals surface area contributed by atoms with Crippen molar-refractivity contribution in [3.05, 3.63) is 0 Å². The van der Waals surface area contributed by atoms with Crippen LogP contribution < -0.4 is 0 Å². The van der Waals surface area contributed by atoms with E-state index in [2.05, 4.69) is 23.7 Å². The lowest BCUT2D eigenvalue weighted by Crippen LogP contribution is -2.34. The van der Waals surface area contributed by atoms with Crippen LogP contribution in [-0.2, 0) is 4.74 Å². The molecule has 0 amide bonds. The molecule has 2 nitrogen and oxygen atoms in total. The molecule has 2 heterocycles. The molecule has 1 unspecified atom stereocenters. The molecular weight excluding hydrogens is 158 g/mol. The van der Waals surface area contributed by atoms with Crippen molar-refractivity contribution >= 4 is 11.8 Å². The Hall–Kier alpha value is 0.270. The van der Waals surface area contributed by atoms with Crippen molar-refractivity contribution < 1.29 is 4.74 Å². The van der Waals surface area contributed by atoms with Gasteiger partial charge in [0.1, 0.15) is 0 Å². The third kappa shape index (κ3) is 2.10. The highest BCUT2D eigenvalue weighted by molar-refractivity contribution is 7.99. The van der Waals surface area contributed by atoms with Crippen molar-refractivity contribution in [2.24, 2.45) is 0 Å². The van der Waals surface area contributed by atoms with Crippen LogP contribution in [0.2, 0.25) is 0 Å². The smallest absolute Gasteiger partial charge is 0.0936 e. The second-order valence-electron chi connectivity index (χ2n) is 3.41. The van der Waals surface area contributed by atoms with Gasteiger partial charge in [0.2, 0.25) is 0 Å². The van der Waals surface area contributed by atoms with Gasteiger partial charge in [0, 0.05) is 18.3 Å². The number of hydrogen-bond acceptors (Lipinski definition) is 3. The largest absolute Gasteiger partial charge is 0.372 e. The maximum atomic E-state index is 5.19. The highest BCUT2D eigenvalue weighted by Gasteiger charge is 2.28. The molecule has 2 atom stereocenters. The Kier molecular flexibility index (Phi) is 2.39. The predicted molar refractivity (Wildman–Crippen MR) is 48.1 cm³/mol. The van der Waals surface area contributed by atoms with Gasteiger partial charge in [-0.05, 0) is 19.2 Å². The molecule has 3 heteroatoms. The van der Waals surface area contributed by atoms with Gasteiger partial charge in [0.05, 0.1) is 12.7 Å². The average molecular weight is 173 g/mol. The molecule has 2 aliphatic heterocycles. The molecule has 2 aliphatic rings. The van der Waals surface area contributed by atoms with Crippen molar-refractivity contribution in [1.29, 1.82) is 0 Å². The van der Waals surface area contributed by atoms with Gasteiger partial charge in [-0.1, -0.05) is 0 Å². The third-order valence-corrected chi connectivity index (χ3v) is 3.57. The minimum absolute atomic E-state index is 0.561. The summed E-state index contributed by atoms with van der Waals surface area (Å²) < 4.78 is 5.19. The monoisotopic (exact) mass is 173 g/mol. The number of ether oxygens (including phenoxy) is 1. The van der Waals surface area contributed by atoms with E-state index in [1.165, 1.54) is 17.9 Å². The van der Waals surface area contributed by atoms with Gasteiger partial charge >= 0.3 is 0 Å². The first-order chi connectivity index (χ1) is 5.36. The molecule has 0 radical (unpaired) electrons. The van der Waals surface area contributed by atoms with Crippen LogP contribution in [0.25, 0.3) is 0 Å². The zero-order valence-electron chi connectivity index (χ0n) is 6.95. The lowest BCUT2D eigenvalue weighted by atomic mass is 10.2. The van der Waals surface area contributed by atoms with E-state index in [1.54, 1.807) is 0 Å². The van der Waals surface area contributed by atoms with Crippen LogP contribution in [0.1, 0.15) is 6.42 Å². The molecule has 0 bridgehead atoms. The van der Waals surface area contributed by atoms with Crippen molar-refractivity contribution in [3.8, 4) is 0 Å². The molecule has 0 aromatic rings. The second kappa shape index (κ2) is 3.33. The highest BCUT2D eigenvalue weighted by Crippen LogP contribution is 2.22. The first-order valence-electron chi connectivity index (χ1n) is 4.26. The maximum absolute atomic E-state index is 5.19. The molecular formula is C8H15NOS. The Bertz CT molecular complexity index is 132. The number of epoxide rings is 1. The number of thioether (sulfide) groups is 1. The summed E-state index contributed by atoms with van der Waals surface area (Å²) in [4.78, 5) is 2.46. The summed E-state index contributed by atoms with van der Waals surface area (Å²) in [6, 6.07) is 0.823. The molecule has 0 spiro atoms. The third-order valence-electron chi connectivity index (χ3n) is 2.42. The molecule has 0 saturated carbocycles. The summed E-state index contributed by atoms with van der Waals surface area (Å²) in [5, 5.41) is 0. The van der Waals surface area contributed by atoms with E-state index in [4.69, 9.17) is 4.74 Å². The van der Waals surface area contributed by atoms with E-state index in [1.807, 2.05) is 0 Å². The number of likely N-dealkylation sites (N-methyl/N-ethyl adjacent to an activating group) is 1. The van der Waals surface area contributed by atoms with E-state index in [0.29, 0.717) is 6.10 Å². The lowest BCUT2D eigenvalue weighted by molar-refractivity contribution is 0.233. The predicted octanol–water partition coefficient (Wildman–Crippen LogP) is 0.823. The first-order valence-corrected chi connectivity index (χ1v) is 5.41. The summed E-state index contributed by atoms with van der Waals surface area (Å²) in [6.07, 6.45) is 1.93. The van der Waals surface area contributed by atoms with E-state index < -0.39 is 0 Å². The van der Waals surface area contributed by atoms with Gasteiger partial charge in [0.25, 0.3) is 0 Å². The van der Waals surface area contributed by atoms with Crippen LogP contribution >= 0.6 is 11.8 Å². The molecule has 2 rings (SSSR count). The van der Waals surface area contributed by atoms with Gasteiger partial charge in [-0.2, -0.15) is 11.8 Å². The fourth-order valence-corrected chi connectivity index (χ4v) is 2.81. The van der Waals surface area contributed by atoms with Crippen LogP contribution in [0.3, 0.4) is 0 Å². The van der Waals surface area contributed by atoms with E-state index in [0.717, 1.165) is 19.2 Å². The van der Waals surface area contributed by atoms with Crippen molar-refractivity contribution in [2.45, 2.75) is 18.6 Å². The van der Waals surface area contributed by atoms with E-state index >= 15 is 0 Å². The summed E-state index contributed by atoms with van der Waals surface area (Å²) in [5.74, 6) is 2.67. The number of hydrogen-bond donors (Lipinski definition) is 0. The minimum atomic E-state index is 0.561. The topological polar surface area (TPSA) is 15.8 Å². The summed E-state index contributed by atoms with van der Waals surface area (Å²) in [6.45, 7) is 2.13. The molecule has 2 fully saturated rings. The Labute approximate surface area is 72.3 Å². The number of nitrogens with zero attached hydrogens (tertiary/aromatic N) is 1. The summed E-state index contributed by atoms with van der Waals surface area (Å²) in [5.41, 5.74) is 0. The van der Waals surface area contributed by atoms with E-state index in [9.17, 15) is 0 Å². The molecule has 0 N–H and O–H groups in total. The van der Waals surface area contributed by atoms with Crippen molar-refractivity contribution in [1.82, 2.24) is 4.90 Å². The Morgan fingerprint density at radius 2 is 2.45 bits per heavy atom. The van der Waals surface area contributed by atoms with Gasteiger partial charge in [-0.15, -0.1) is 0 Å². The Balaban J connectivity index is 1.73. The van der Waals surface area contributed by atoms with Gasteiger partial charge in [-0.25, -0.2) is 0 Å². The maximum Gasteiger partial charge on any atom is 0.0936 e. The fourth-order valence-electron chi connectivity index (χ4n) is 1.51. The lowest BCUT2D eigenvalue weighted by Gasteiger charge is -2.21. The molecule has 0 aliphatic carbocycles. The molecule has 64 valence electrons. The van der Waals surface area contributed by atoms with Crippen LogP contribution in [0.15, 0.2) is 0 Å². The Morgan fingerprint density at radius 1 is 1.64 bits per heavy atom. The van der Waals surface area contributed by atoms with Crippen molar-refractivity contribution in [2.75, 3.05) is 31.7 Å². The molecule has 2 saturated heterocycles. The van der Waals surface area contributed by atoms with Gasteiger partial charge in [-0.3, -0.25) is 4.90 Å². The van der Waals surface area contributed by atoms with Gasteiger partial charge in [0.15, 0.2) is 0 Å². The first kappa shape index (κ1) is 7.90. The SMILES string of the molecule is CN(C[C@@H]1CO1)C1CCSC1. The van der Waals surface area contributed by atoms with Gasteiger partial charge < -0.3 is 4.74 Å². The molecule has 0 aromatic carbocycles. The van der Waals surface area contributed by atoms with Crippen LogP contribution in [-0.4, -0.2) is 48.8 Å². The normalized spacial score (nSPS) is 36.5. The second-order valence-corrected chi connectivity index (χ2v) is 4.56. The minimum Gasteiger partial charge on any atom is -0.372 e. The zero-order valence-corrected chi connectivity index (χ0v) is 7.77. The van der Waals surface area contributed by atoms with Crippen LogP contribution in [0, 0.1) is 0 Å². The Morgan fingerprint density at radius 3 is 3.00 bits per heavy atom. The zero-order chi connectivity index (χ0) is 7.68. The van der Waals surface area contributed by atoms with E-state index in [-0.39, 0.29) is 0 Å². The van der Waals surface area contributed by atoms with Crippen molar-refractivity contribution in [3.63, 3.8) is 0 Å². The number of rotatable bonds is 3.